The van der Waals surface area contributed by atoms with Gasteiger partial charge < -0.3 is 4.90 Å². The van der Waals surface area contributed by atoms with Gasteiger partial charge in [0.2, 0.25) is 5.91 Å². The molecule has 0 bridgehead atoms. The summed E-state index contributed by atoms with van der Waals surface area (Å²) in [5, 5.41) is 2.03. The fourth-order valence-corrected chi connectivity index (χ4v) is 5.49. The minimum absolute atomic E-state index is 0.0620. The summed E-state index contributed by atoms with van der Waals surface area (Å²) in [7, 11) is -1.18. The fourth-order valence-electron chi connectivity index (χ4n) is 2.81. The highest BCUT2D eigenvalue weighted by atomic mass is 32.2. The number of thiophene rings is 1. The van der Waals surface area contributed by atoms with Crippen LogP contribution in [0.1, 0.15) is 23.6 Å². The van der Waals surface area contributed by atoms with Gasteiger partial charge >= 0.3 is 0 Å². The number of amides is 1. The van der Waals surface area contributed by atoms with Crippen molar-refractivity contribution in [2.24, 2.45) is 5.92 Å². The molecule has 1 aliphatic heterocycles. The first-order valence-electron chi connectivity index (χ1n) is 6.48. The maximum atomic E-state index is 12.3. The van der Waals surface area contributed by atoms with Gasteiger partial charge in [0.15, 0.2) is 9.84 Å². The molecule has 1 saturated heterocycles. The normalized spacial score (nSPS) is 32.2. The predicted molar refractivity (Wildman–Crippen MR) is 75.0 cm³/mol. The van der Waals surface area contributed by atoms with Gasteiger partial charge in [-0.3, -0.25) is 4.79 Å². The summed E-state index contributed by atoms with van der Waals surface area (Å²) in [4.78, 5) is 15.3. The molecular weight excluding hydrogens is 282 g/mol. The van der Waals surface area contributed by atoms with Crippen LogP contribution in [-0.2, 0) is 14.6 Å². The topological polar surface area (TPSA) is 54.5 Å². The monoisotopic (exact) mass is 299 g/mol. The van der Waals surface area contributed by atoms with Crippen LogP contribution < -0.4 is 0 Å². The number of sulfone groups is 1. The molecule has 104 valence electrons. The van der Waals surface area contributed by atoms with Crippen LogP contribution in [0.3, 0.4) is 0 Å². The lowest BCUT2D eigenvalue weighted by Gasteiger charge is -2.23. The maximum Gasteiger partial charge on any atom is 0.226 e. The van der Waals surface area contributed by atoms with Gasteiger partial charge in [-0.15, -0.1) is 11.3 Å². The minimum Gasteiger partial charge on any atom is -0.341 e. The molecule has 19 heavy (non-hydrogen) atoms. The van der Waals surface area contributed by atoms with Gasteiger partial charge in [0, 0.05) is 29.8 Å². The third-order valence-corrected chi connectivity index (χ3v) is 6.87. The lowest BCUT2D eigenvalue weighted by atomic mass is 10.2. The van der Waals surface area contributed by atoms with E-state index in [2.05, 4.69) is 6.07 Å². The average molecular weight is 299 g/mol. The van der Waals surface area contributed by atoms with E-state index in [9.17, 15) is 13.2 Å². The predicted octanol–water partition coefficient (Wildman–Crippen LogP) is 1.50. The van der Waals surface area contributed by atoms with Crippen LogP contribution in [0.25, 0.3) is 0 Å². The number of hydrogen-bond donors (Lipinski definition) is 0. The smallest absolute Gasteiger partial charge is 0.226 e. The number of hydrogen-bond acceptors (Lipinski definition) is 4. The third kappa shape index (κ3) is 2.56. The SMILES string of the molecule is CN(C(=O)C1CC1c1cccs1)C1CCS(=O)(=O)C1. The second kappa shape index (κ2) is 4.59. The second-order valence-corrected chi connectivity index (χ2v) is 8.68. The minimum atomic E-state index is -2.93. The Labute approximate surface area is 117 Å². The highest BCUT2D eigenvalue weighted by Crippen LogP contribution is 2.50. The summed E-state index contributed by atoms with van der Waals surface area (Å²) < 4.78 is 22.9. The van der Waals surface area contributed by atoms with Gasteiger partial charge in [-0.1, -0.05) is 6.07 Å². The van der Waals surface area contributed by atoms with Crippen molar-refractivity contribution in [2.45, 2.75) is 24.8 Å². The lowest BCUT2D eigenvalue weighted by Crippen LogP contribution is -2.38. The molecule has 6 heteroatoms. The zero-order valence-electron chi connectivity index (χ0n) is 10.8. The second-order valence-electron chi connectivity index (χ2n) is 5.47. The summed E-state index contributed by atoms with van der Waals surface area (Å²) in [5.74, 6) is 0.875. The fraction of sp³-hybridized carbons (Fsp3) is 0.615. The molecular formula is C13H17NO3S2. The Bertz CT molecular complexity index is 579. The first-order chi connectivity index (χ1) is 8.98. The summed E-state index contributed by atoms with van der Waals surface area (Å²) in [5.41, 5.74) is 0. The Kier molecular flexibility index (Phi) is 3.17. The Balaban J connectivity index is 1.63. The quantitative estimate of drug-likeness (QED) is 0.850. The molecule has 3 atom stereocenters. The van der Waals surface area contributed by atoms with Gasteiger partial charge in [0.1, 0.15) is 0 Å². The molecule has 1 amide bonds. The lowest BCUT2D eigenvalue weighted by molar-refractivity contribution is -0.133. The van der Waals surface area contributed by atoms with E-state index in [1.54, 1.807) is 23.3 Å². The molecule has 4 nitrogen and oxygen atoms in total. The third-order valence-electron chi connectivity index (χ3n) is 4.12. The van der Waals surface area contributed by atoms with E-state index in [1.165, 1.54) is 4.88 Å². The van der Waals surface area contributed by atoms with Crippen molar-refractivity contribution in [2.75, 3.05) is 18.6 Å². The molecule has 3 rings (SSSR count). The van der Waals surface area contributed by atoms with Crippen molar-refractivity contribution >= 4 is 27.1 Å². The van der Waals surface area contributed by atoms with E-state index < -0.39 is 9.84 Å². The maximum absolute atomic E-state index is 12.3. The zero-order chi connectivity index (χ0) is 13.6. The molecule has 0 spiro atoms. The molecule has 3 unspecified atom stereocenters. The highest BCUT2D eigenvalue weighted by Gasteiger charge is 2.47. The van der Waals surface area contributed by atoms with Crippen LogP contribution in [0, 0.1) is 5.92 Å². The highest BCUT2D eigenvalue weighted by molar-refractivity contribution is 7.91. The largest absolute Gasteiger partial charge is 0.341 e. The summed E-state index contributed by atoms with van der Waals surface area (Å²) in [6.45, 7) is 0. The Morgan fingerprint density at radius 3 is 2.84 bits per heavy atom. The molecule has 1 aromatic rings. The first-order valence-corrected chi connectivity index (χ1v) is 9.18. The molecule has 1 aromatic heterocycles. The van der Waals surface area contributed by atoms with E-state index in [1.807, 2.05) is 11.4 Å². The average Bonchev–Trinajstić information content (AvgIpc) is 2.81. The van der Waals surface area contributed by atoms with Gasteiger partial charge in [0.25, 0.3) is 0 Å². The number of carbonyl (C=O) groups is 1. The molecule has 0 N–H and O–H groups in total. The van der Waals surface area contributed by atoms with Crippen LogP contribution in [-0.4, -0.2) is 43.8 Å². The standard InChI is InChI=1S/C13H17NO3S2/c1-14(9-4-6-19(16,17)8-9)13(15)11-7-10(11)12-3-2-5-18-12/h2-3,5,9-11H,4,6-8H2,1H3. The number of rotatable bonds is 3. The van der Waals surface area contributed by atoms with Crippen LogP contribution >= 0.6 is 11.3 Å². The Morgan fingerprint density at radius 2 is 2.26 bits per heavy atom. The van der Waals surface area contributed by atoms with Gasteiger partial charge in [0.05, 0.1) is 11.5 Å². The van der Waals surface area contributed by atoms with Crippen molar-refractivity contribution in [1.29, 1.82) is 0 Å². The van der Waals surface area contributed by atoms with E-state index in [-0.39, 0.29) is 29.4 Å². The molecule has 2 fully saturated rings. The molecule has 2 aliphatic rings. The van der Waals surface area contributed by atoms with E-state index in [0.29, 0.717) is 12.3 Å². The molecule has 0 radical (unpaired) electrons. The number of nitrogens with zero attached hydrogens (tertiary/aromatic N) is 1. The molecule has 2 heterocycles. The van der Waals surface area contributed by atoms with Gasteiger partial charge in [-0.2, -0.15) is 0 Å². The van der Waals surface area contributed by atoms with E-state index >= 15 is 0 Å². The summed E-state index contributed by atoms with van der Waals surface area (Å²) in [6.07, 6.45) is 1.49. The van der Waals surface area contributed by atoms with Crippen LogP contribution in [0.5, 0.6) is 0 Å². The molecule has 1 saturated carbocycles. The van der Waals surface area contributed by atoms with Crippen molar-refractivity contribution in [3.05, 3.63) is 22.4 Å². The van der Waals surface area contributed by atoms with Crippen molar-refractivity contribution in [1.82, 2.24) is 4.90 Å². The molecule has 1 aliphatic carbocycles. The van der Waals surface area contributed by atoms with Crippen LogP contribution in [0.2, 0.25) is 0 Å². The Morgan fingerprint density at radius 1 is 1.47 bits per heavy atom. The number of carbonyl (C=O) groups excluding carboxylic acids is 1. The van der Waals surface area contributed by atoms with Gasteiger partial charge in [-0.25, -0.2) is 8.42 Å². The van der Waals surface area contributed by atoms with E-state index in [0.717, 1.165) is 6.42 Å². The van der Waals surface area contributed by atoms with Crippen molar-refractivity contribution < 1.29 is 13.2 Å². The van der Waals surface area contributed by atoms with Crippen molar-refractivity contribution in [3.8, 4) is 0 Å². The van der Waals surface area contributed by atoms with Gasteiger partial charge in [-0.05, 0) is 24.3 Å². The van der Waals surface area contributed by atoms with Crippen molar-refractivity contribution in [3.63, 3.8) is 0 Å². The van der Waals surface area contributed by atoms with E-state index in [4.69, 9.17) is 0 Å². The van der Waals surface area contributed by atoms with Crippen LogP contribution in [0.4, 0.5) is 0 Å². The summed E-state index contributed by atoms with van der Waals surface area (Å²) in [6, 6.07) is 3.96. The molecule has 0 aromatic carbocycles. The Hall–Kier alpha value is -0.880. The first kappa shape index (κ1) is 13.1. The zero-order valence-corrected chi connectivity index (χ0v) is 12.4. The van der Waals surface area contributed by atoms with Crippen LogP contribution in [0.15, 0.2) is 17.5 Å². The summed E-state index contributed by atoms with van der Waals surface area (Å²) >= 11 is 1.69.